The molecule has 5 N–H and O–H groups in total. The number of aliphatic hydroxyl groups excluding tert-OH is 4. The van der Waals surface area contributed by atoms with E-state index in [1.54, 1.807) is 12.2 Å². The lowest BCUT2D eigenvalue weighted by Gasteiger charge is -2.20. The minimum absolute atomic E-state index is 0.0180. The summed E-state index contributed by atoms with van der Waals surface area (Å²) in [6.07, 6.45) is 19.5. The molecule has 1 rings (SSSR count). The Morgan fingerprint density at radius 1 is 0.855 bits per heavy atom. The predicted octanol–water partition coefficient (Wildman–Crippen LogP) is 7.06. The first-order valence-corrected chi connectivity index (χ1v) is 22.3. The number of esters is 2. The van der Waals surface area contributed by atoms with Crippen molar-refractivity contribution in [3.05, 3.63) is 24.3 Å². The number of aliphatic hydroxyl groups is 4. The molecule has 1 aliphatic rings. The molecule has 8 atom stereocenters. The van der Waals surface area contributed by atoms with E-state index in [1.807, 2.05) is 12.2 Å². The summed E-state index contributed by atoms with van der Waals surface area (Å²) >= 11 is 0. The van der Waals surface area contributed by atoms with Gasteiger partial charge in [-0.1, -0.05) is 122 Å². The average molecular weight is 805 g/mol. The number of hydrogen-bond acceptors (Lipinski definition) is 12. The quantitative estimate of drug-likeness (QED) is 0.0192. The summed E-state index contributed by atoms with van der Waals surface area (Å²) in [4.78, 5) is 47.6. The van der Waals surface area contributed by atoms with E-state index >= 15 is 0 Å². The van der Waals surface area contributed by atoms with Gasteiger partial charge in [0.1, 0.15) is 18.5 Å². The van der Waals surface area contributed by atoms with E-state index in [2.05, 4.69) is 25.3 Å². The summed E-state index contributed by atoms with van der Waals surface area (Å²) in [6.45, 7) is 4.25. The molecule has 1 saturated carbocycles. The second kappa shape index (κ2) is 31.1. The number of Topliss-reactive ketones (excluding diaryl/α,β-unsaturated/α-hetero) is 1. The summed E-state index contributed by atoms with van der Waals surface area (Å²) in [6, 6.07) is 0. The second-order valence-corrected chi connectivity index (χ2v) is 16.5. The first-order valence-electron chi connectivity index (χ1n) is 20.8. The highest BCUT2D eigenvalue weighted by molar-refractivity contribution is 7.47. The Labute approximate surface area is 329 Å². The zero-order valence-electron chi connectivity index (χ0n) is 33.8. The zero-order chi connectivity index (χ0) is 40.9. The smallest absolute Gasteiger partial charge is 0.462 e. The minimum atomic E-state index is -4.68. The van der Waals surface area contributed by atoms with Gasteiger partial charge in [0.25, 0.3) is 0 Å². The molecular weight excluding hydrogens is 731 g/mol. The highest BCUT2D eigenvalue weighted by Crippen LogP contribution is 2.43. The Balaban J connectivity index is 2.51. The topological polar surface area (TPSA) is 206 Å². The number of hydrogen-bond donors (Lipinski definition) is 5. The van der Waals surface area contributed by atoms with E-state index in [9.17, 15) is 39.2 Å². The van der Waals surface area contributed by atoms with E-state index in [0.29, 0.717) is 32.1 Å². The normalized spacial score (nSPS) is 20.8. The van der Waals surface area contributed by atoms with Gasteiger partial charge < -0.3 is 34.8 Å². The Morgan fingerprint density at radius 3 is 2.16 bits per heavy atom. The Morgan fingerprint density at radius 2 is 1.49 bits per heavy atom. The third kappa shape index (κ3) is 25.8. The fourth-order valence-corrected chi connectivity index (χ4v) is 7.09. The molecule has 55 heavy (non-hydrogen) atoms. The van der Waals surface area contributed by atoms with Crippen LogP contribution >= 0.6 is 7.82 Å². The molecule has 13 nitrogen and oxygen atoms in total. The second-order valence-electron chi connectivity index (χ2n) is 15.0. The summed E-state index contributed by atoms with van der Waals surface area (Å²) in [5, 5.41) is 39.0. The van der Waals surface area contributed by atoms with E-state index in [-0.39, 0.29) is 36.9 Å². The first kappa shape index (κ1) is 51.1. The number of allylic oxidation sites excluding steroid dienone is 2. The first-order chi connectivity index (χ1) is 26.3. The van der Waals surface area contributed by atoms with Crippen molar-refractivity contribution in [1.29, 1.82) is 0 Å². The van der Waals surface area contributed by atoms with Crippen molar-refractivity contribution < 1.29 is 62.8 Å². The van der Waals surface area contributed by atoms with Crippen LogP contribution in [0.2, 0.25) is 0 Å². The number of ether oxygens (including phenoxy) is 2. The largest absolute Gasteiger partial charge is 0.472 e. The van der Waals surface area contributed by atoms with Crippen LogP contribution in [0, 0.1) is 17.8 Å². The molecule has 0 aliphatic heterocycles. The van der Waals surface area contributed by atoms with Crippen molar-refractivity contribution in [3.63, 3.8) is 0 Å². The average Bonchev–Trinajstić information content (AvgIpc) is 3.43. The molecule has 0 amide bonds. The molecule has 0 aromatic rings. The van der Waals surface area contributed by atoms with Gasteiger partial charge in [-0.05, 0) is 38.0 Å². The number of ketones is 1. The molecule has 0 aromatic carbocycles. The van der Waals surface area contributed by atoms with E-state index in [1.165, 1.54) is 38.5 Å². The Bertz CT molecular complexity index is 1150. The van der Waals surface area contributed by atoms with Crippen molar-refractivity contribution in [3.8, 4) is 0 Å². The summed E-state index contributed by atoms with van der Waals surface area (Å²) in [5.74, 6) is -1.10. The molecule has 0 radical (unpaired) electrons. The van der Waals surface area contributed by atoms with Crippen LogP contribution in [0.1, 0.15) is 149 Å². The monoisotopic (exact) mass is 804 g/mol. The number of phosphoric acid groups is 1. The molecule has 320 valence electrons. The maximum absolute atomic E-state index is 12.6. The van der Waals surface area contributed by atoms with Gasteiger partial charge >= 0.3 is 19.8 Å². The van der Waals surface area contributed by atoms with Gasteiger partial charge in [0.05, 0.1) is 32.0 Å². The molecular formula is C41H73O13P. The van der Waals surface area contributed by atoms with Gasteiger partial charge in [0, 0.05) is 31.1 Å². The Kier molecular flexibility index (Phi) is 28.9. The van der Waals surface area contributed by atoms with Crippen molar-refractivity contribution in [2.45, 2.75) is 174 Å². The van der Waals surface area contributed by atoms with Crippen molar-refractivity contribution in [2.24, 2.45) is 17.8 Å². The number of phosphoric ester groups is 1. The lowest BCUT2D eigenvalue weighted by Crippen LogP contribution is -2.29. The number of unbranched alkanes of at least 4 members (excludes halogenated alkanes) is 10. The lowest BCUT2D eigenvalue weighted by atomic mass is 9.90. The van der Waals surface area contributed by atoms with Gasteiger partial charge in [0.15, 0.2) is 6.10 Å². The molecule has 14 heteroatoms. The van der Waals surface area contributed by atoms with Crippen LogP contribution < -0.4 is 0 Å². The van der Waals surface area contributed by atoms with Gasteiger partial charge in [0.2, 0.25) is 0 Å². The number of carbonyl (C=O) groups excluding carboxylic acids is 3. The van der Waals surface area contributed by atoms with Crippen LogP contribution in [0.5, 0.6) is 0 Å². The van der Waals surface area contributed by atoms with E-state index < -0.39 is 70.6 Å². The third-order valence-electron chi connectivity index (χ3n) is 10.0. The molecule has 0 bridgehead atoms. The molecule has 0 saturated heterocycles. The number of rotatable bonds is 34. The minimum Gasteiger partial charge on any atom is -0.462 e. The SMILES string of the molecule is CCCCC[C@H](O)/C=C/[C@H]1[C@H](O)CC(=O)[C@@H]1C/C=C\CCCC(=O)OC[C@H](COP(=O)(O)OC[C@@H](O)CO)OC(=O)CCCCCCCCCCC(C)CC. The maximum atomic E-state index is 12.6. The molecule has 0 spiro atoms. The van der Waals surface area contributed by atoms with Crippen LogP contribution in [0.15, 0.2) is 24.3 Å². The van der Waals surface area contributed by atoms with E-state index in [0.717, 1.165) is 44.4 Å². The summed E-state index contributed by atoms with van der Waals surface area (Å²) in [5.41, 5.74) is 0. The molecule has 0 aromatic heterocycles. The van der Waals surface area contributed by atoms with Crippen molar-refractivity contribution in [2.75, 3.05) is 26.4 Å². The molecule has 0 heterocycles. The fraction of sp³-hybridized carbons (Fsp3) is 0.829. The van der Waals surface area contributed by atoms with Crippen LogP contribution in [0.4, 0.5) is 0 Å². The van der Waals surface area contributed by atoms with Crippen LogP contribution in [0.25, 0.3) is 0 Å². The zero-order valence-corrected chi connectivity index (χ0v) is 34.7. The van der Waals surface area contributed by atoms with Crippen LogP contribution in [-0.4, -0.2) is 93.9 Å². The standard InChI is InChI=1S/C41H73O13P/c1-4-6-15-21-33(43)25-26-37-36(38(45)27-39(37)46)22-17-13-14-18-23-40(47)51-30-35(31-53-55(49,50)52-29-34(44)28-42)54-41(48)24-19-12-10-8-7-9-11-16-20-32(3)5-2/h13,17,25-26,32-37,39,42-44,46H,4-12,14-16,18-24,27-31H2,1-3H3,(H,49,50)/b17-13-,26-25+/t32?,33-,34-,35+,36+,37+,39+/m0/s1. The third-order valence-corrected chi connectivity index (χ3v) is 11.0. The summed E-state index contributed by atoms with van der Waals surface area (Å²) in [7, 11) is -4.68. The predicted molar refractivity (Wildman–Crippen MR) is 211 cm³/mol. The fourth-order valence-electron chi connectivity index (χ4n) is 6.30. The molecule has 1 aliphatic carbocycles. The van der Waals surface area contributed by atoms with E-state index in [4.69, 9.17) is 19.1 Å². The van der Waals surface area contributed by atoms with Crippen molar-refractivity contribution >= 4 is 25.5 Å². The van der Waals surface area contributed by atoms with Crippen molar-refractivity contribution in [1.82, 2.24) is 0 Å². The molecule has 1 fully saturated rings. The van der Waals surface area contributed by atoms with Gasteiger partial charge in [-0.3, -0.25) is 23.4 Å². The maximum Gasteiger partial charge on any atom is 0.472 e. The highest BCUT2D eigenvalue weighted by Gasteiger charge is 2.39. The Hall–Kier alpha value is -1.96. The number of carbonyl (C=O) groups is 3. The van der Waals surface area contributed by atoms with Gasteiger partial charge in [-0.25, -0.2) is 4.57 Å². The van der Waals surface area contributed by atoms with Crippen LogP contribution in [0.3, 0.4) is 0 Å². The van der Waals surface area contributed by atoms with Gasteiger partial charge in [-0.2, -0.15) is 0 Å². The van der Waals surface area contributed by atoms with Gasteiger partial charge in [-0.15, -0.1) is 0 Å². The lowest BCUT2D eigenvalue weighted by molar-refractivity contribution is -0.161. The summed E-state index contributed by atoms with van der Waals surface area (Å²) < 4.78 is 32.6. The van der Waals surface area contributed by atoms with Crippen LogP contribution in [-0.2, 0) is 37.5 Å². The highest BCUT2D eigenvalue weighted by atomic mass is 31.2. The molecule has 2 unspecified atom stereocenters.